The van der Waals surface area contributed by atoms with E-state index in [1.807, 2.05) is 12.1 Å². The normalized spacial score (nSPS) is 20.0. The van der Waals surface area contributed by atoms with Gasteiger partial charge in [0.2, 0.25) is 6.79 Å². The highest BCUT2D eigenvalue weighted by Gasteiger charge is 2.48. The van der Waals surface area contributed by atoms with E-state index in [9.17, 15) is 14.7 Å². The van der Waals surface area contributed by atoms with Crippen molar-refractivity contribution >= 4 is 17.4 Å². The molecule has 3 aromatic rings. The molecule has 10 heteroatoms. The average molecular weight is 573 g/mol. The van der Waals surface area contributed by atoms with Crippen molar-refractivity contribution in [3.05, 3.63) is 94.6 Å². The Morgan fingerprint density at radius 1 is 1.00 bits per heavy atom. The van der Waals surface area contributed by atoms with E-state index in [0.29, 0.717) is 59.3 Å². The Balaban J connectivity index is 1.26. The van der Waals surface area contributed by atoms with Gasteiger partial charge in [-0.05, 0) is 59.7 Å². The standard InChI is InChI=1S/C32H32N2O8/c1-38-25-9-7-24(8-10-25)32(37)26(29(31(36)42-32)23-6-11-27-28(19-23)41-20-40-27)18-21-2-4-22(5-3-21)30(35)33-12-13-34-14-16-39-17-15-34/h2-11,19,37H,12-18,20H2,1H3,(H,33,35). The Labute approximate surface area is 243 Å². The van der Waals surface area contributed by atoms with Crippen molar-refractivity contribution in [3.8, 4) is 17.2 Å². The fourth-order valence-corrected chi connectivity index (χ4v) is 5.37. The second kappa shape index (κ2) is 11.8. The van der Waals surface area contributed by atoms with Gasteiger partial charge in [-0.3, -0.25) is 9.69 Å². The summed E-state index contributed by atoms with van der Waals surface area (Å²) in [5.41, 5.74) is 2.86. The summed E-state index contributed by atoms with van der Waals surface area (Å²) < 4.78 is 27.3. The highest BCUT2D eigenvalue weighted by Crippen LogP contribution is 2.46. The Kier molecular flexibility index (Phi) is 7.84. The number of morpholine rings is 1. The maximum absolute atomic E-state index is 13.3. The first kappa shape index (κ1) is 27.8. The van der Waals surface area contributed by atoms with Gasteiger partial charge in [-0.2, -0.15) is 0 Å². The molecular weight excluding hydrogens is 540 g/mol. The van der Waals surface area contributed by atoms with Crippen molar-refractivity contribution in [3.63, 3.8) is 0 Å². The van der Waals surface area contributed by atoms with Crippen LogP contribution in [0.15, 0.2) is 72.3 Å². The van der Waals surface area contributed by atoms with Gasteiger partial charge in [-0.15, -0.1) is 0 Å². The zero-order chi connectivity index (χ0) is 29.1. The van der Waals surface area contributed by atoms with Crippen LogP contribution in [0, 0.1) is 0 Å². The zero-order valence-corrected chi connectivity index (χ0v) is 23.3. The van der Waals surface area contributed by atoms with Gasteiger partial charge in [-0.1, -0.05) is 18.2 Å². The Morgan fingerprint density at radius 3 is 2.48 bits per heavy atom. The lowest BCUT2D eigenvalue weighted by atomic mass is 9.88. The van der Waals surface area contributed by atoms with Crippen LogP contribution in [0.5, 0.6) is 17.2 Å². The highest BCUT2D eigenvalue weighted by atomic mass is 16.7. The quantitative estimate of drug-likeness (QED) is 0.374. The number of nitrogens with zero attached hydrogens (tertiary/aromatic N) is 1. The van der Waals surface area contributed by atoms with Gasteiger partial charge in [0.05, 0.1) is 25.9 Å². The number of rotatable bonds is 9. The van der Waals surface area contributed by atoms with Crippen molar-refractivity contribution in [2.24, 2.45) is 0 Å². The molecule has 0 saturated carbocycles. The van der Waals surface area contributed by atoms with Crippen LogP contribution >= 0.6 is 0 Å². The zero-order valence-electron chi connectivity index (χ0n) is 23.3. The Morgan fingerprint density at radius 2 is 1.74 bits per heavy atom. The summed E-state index contributed by atoms with van der Waals surface area (Å²) in [7, 11) is 1.55. The smallest absolute Gasteiger partial charge is 0.342 e. The molecule has 0 aromatic heterocycles. The van der Waals surface area contributed by atoms with Gasteiger partial charge in [0, 0.05) is 49.3 Å². The molecule has 1 amide bonds. The van der Waals surface area contributed by atoms with Gasteiger partial charge < -0.3 is 34.1 Å². The fraction of sp³-hybridized carbons (Fsp3) is 0.312. The summed E-state index contributed by atoms with van der Waals surface area (Å²) in [5, 5.41) is 14.9. The fourth-order valence-electron chi connectivity index (χ4n) is 5.37. The second-order valence-electron chi connectivity index (χ2n) is 10.3. The first-order valence-corrected chi connectivity index (χ1v) is 13.9. The third kappa shape index (κ3) is 5.56. The summed E-state index contributed by atoms with van der Waals surface area (Å²) in [6.45, 7) is 4.56. The van der Waals surface area contributed by atoms with Crippen LogP contribution in [0.2, 0.25) is 0 Å². The van der Waals surface area contributed by atoms with Crippen molar-refractivity contribution in [2.45, 2.75) is 12.2 Å². The molecule has 1 atom stereocenters. The molecule has 0 bridgehead atoms. The number of ether oxygens (including phenoxy) is 5. The van der Waals surface area contributed by atoms with E-state index < -0.39 is 11.8 Å². The number of carbonyl (C=O) groups excluding carboxylic acids is 2. The van der Waals surface area contributed by atoms with E-state index in [-0.39, 0.29) is 24.7 Å². The number of carbonyl (C=O) groups is 2. The van der Waals surface area contributed by atoms with Crippen LogP contribution in [0.1, 0.15) is 27.0 Å². The van der Waals surface area contributed by atoms with E-state index in [1.54, 1.807) is 61.7 Å². The van der Waals surface area contributed by atoms with Gasteiger partial charge in [0.1, 0.15) is 5.75 Å². The molecule has 6 rings (SSSR count). The van der Waals surface area contributed by atoms with E-state index in [0.717, 1.165) is 25.2 Å². The second-order valence-corrected chi connectivity index (χ2v) is 10.3. The number of esters is 1. The van der Waals surface area contributed by atoms with Crippen molar-refractivity contribution in [2.75, 3.05) is 53.3 Å². The number of aliphatic hydroxyl groups is 1. The number of cyclic esters (lactones) is 1. The van der Waals surface area contributed by atoms with E-state index >= 15 is 0 Å². The largest absolute Gasteiger partial charge is 0.497 e. The van der Waals surface area contributed by atoms with E-state index in [1.165, 1.54) is 0 Å². The average Bonchev–Trinajstić information content (AvgIpc) is 3.59. The molecular formula is C32H32N2O8. The van der Waals surface area contributed by atoms with Crippen molar-refractivity contribution in [1.82, 2.24) is 10.2 Å². The van der Waals surface area contributed by atoms with Crippen LogP contribution in [0.25, 0.3) is 5.57 Å². The van der Waals surface area contributed by atoms with Gasteiger partial charge in [-0.25, -0.2) is 4.79 Å². The number of benzene rings is 3. The minimum atomic E-state index is -2.01. The molecule has 42 heavy (non-hydrogen) atoms. The number of hydrogen-bond acceptors (Lipinski definition) is 9. The van der Waals surface area contributed by atoms with Gasteiger partial charge in [0.15, 0.2) is 11.5 Å². The summed E-state index contributed by atoms with van der Waals surface area (Å²) in [4.78, 5) is 28.4. The first-order chi connectivity index (χ1) is 20.4. The highest BCUT2D eigenvalue weighted by molar-refractivity contribution is 6.20. The lowest BCUT2D eigenvalue weighted by Crippen LogP contribution is -2.41. The monoisotopic (exact) mass is 572 g/mol. The molecule has 1 fully saturated rings. The third-order valence-corrected chi connectivity index (χ3v) is 7.71. The van der Waals surface area contributed by atoms with Crippen LogP contribution in [-0.4, -0.2) is 75.2 Å². The number of methoxy groups -OCH3 is 1. The predicted octanol–water partition coefficient (Wildman–Crippen LogP) is 2.88. The summed E-state index contributed by atoms with van der Waals surface area (Å²) in [6.07, 6.45) is 0.191. The molecule has 0 radical (unpaired) electrons. The molecule has 0 aliphatic carbocycles. The lowest BCUT2D eigenvalue weighted by Gasteiger charge is -2.26. The number of amides is 1. The maximum Gasteiger partial charge on any atom is 0.342 e. The SMILES string of the molecule is COc1ccc(C2(O)OC(=O)C(c3ccc4c(c3)OCO4)=C2Cc2ccc(C(=O)NCCN3CCOCC3)cc2)cc1. The third-order valence-electron chi connectivity index (χ3n) is 7.71. The summed E-state index contributed by atoms with van der Waals surface area (Å²) in [5.74, 6) is -1.13. The predicted molar refractivity (Wildman–Crippen MR) is 152 cm³/mol. The summed E-state index contributed by atoms with van der Waals surface area (Å²) >= 11 is 0. The molecule has 3 aromatic carbocycles. The number of hydrogen-bond donors (Lipinski definition) is 2. The molecule has 3 aliphatic rings. The molecule has 1 unspecified atom stereocenters. The van der Waals surface area contributed by atoms with E-state index in [4.69, 9.17) is 23.7 Å². The maximum atomic E-state index is 13.3. The molecule has 10 nitrogen and oxygen atoms in total. The molecule has 3 heterocycles. The topological polar surface area (TPSA) is 116 Å². The first-order valence-electron chi connectivity index (χ1n) is 13.9. The number of nitrogens with one attached hydrogen (secondary N) is 1. The molecule has 218 valence electrons. The van der Waals surface area contributed by atoms with Crippen molar-refractivity contribution in [1.29, 1.82) is 0 Å². The Bertz CT molecular complexity index is 1500. The molecule has 0 spiro atoms. The van der Waals surface area contributed by atoms with Crippen LogP contribution in [0.3, 0.4) is 0 Å². The van der Waals surface area contributed by atoms with E-state index in [2.05, 4.69) is 10.2 Å². The minimum Gasteiger partial charge on any atom is -0.497 e. The Hall–Kier alpha value is -4.38. The van der Waals surface area contributed by atoms with Crippen LogP contribution in [0.4, 0.5) is 0 Å². The molecule has 1 saturated heterocycles. The summed E-state index contributed by atoms with van der Waals surface area (Å²) in [6, 6.07) is 19.0. The van der Waals surface area contributed by atoms with Gasteiger partial charge >= 0.3 is 5.97 Å². The minimum absolute atomic E-state index is 0.0953. The van der Waals surface area contributed by atoms with Crippen LogP contribution in [-0.2, 0) is 26.5 Å². The molecule has 3 aliphatic heterocycles. The van der Waals surface area contributed by atoms with Crippen LogP contribution < -0.4 is 19.5 Å². The van der Waals surface area contributed by atoms with Crippen molar-refractivity contribution < 1.29 is 38.4 Å². The molecule has 2 N–H and O–H groups in total. The lowest BCUT2D eigenvalue weighted by molar-refractivity contribution is -0.185. The number of fused-ring (bicyclic) bond motifs is 1. The van der Waals surface area contributed by atoms with Gasteiger partial charge in [0.25, 0.3) is 11.7 Å².